The maximum absolute atomic E-state index is 13.8. The Labute approximate surface area is 172 Å². The molecule has 0 spiro atoms. The average molecular weight is 415 g/mol. The number of halogens is 2. The SMILES string of the molecule is Cc1nnc(NCc2cccc(C(F)(F)CO)c2)c2cc(N3CCOCC3)ncc12. The molecule has 1 aliphatic heterocycles. The van der Waals surface area contributed by atoms with E-state index in [4.69, 9.17) is 9.84 Å². The summed E-state index contributed by atoms with van der Waals surface area (Å²) in [7, 11) is 0. The molecule has 1 fully saturated rings. The number of aliphatic hydroxyl groups excluding tert-OH is 1. The third-order valence-corrected chi connectivity index (χ3v) is 5.18. The van der Waals surface area contributed by atoms with Crippen LogP contribution in [-0.2, 0) is 17.2 Å². The van der Waals surface area contributed by atoms with Crippen molar-refractivity contribution in [3.63, 3.8) is 0 Å². The minimum Gasteiger partial charge on any atom is -0.390 e. The van der Waals surface area contributed by atoms with E-state index in [1.807, 2.05) is 13.0 Å². The second kappa shape index (κ2) is 8.45. The van der Waals surface area contributed by atoms with Crippen LogP contribution >= 0.6 is 0 Å². The van der Waals surface area contributed by atoms with Crippen LogP contribution in [0, 0.1) is 6.92 Å². The van der Waals surface area contributed by atoms with E-state index in [2.05, 4.69) is 25.4 Å². The molecule has 0 unspecified atom stereocenters. The molecule has 0 radical (unpaired) electrons. The van der Waals surface area contributed by atoms with Gasteiger partial charge >= 0.3 is 0 Å². The van der Waals surface area contributed by atoms with Gasteiger partial charge in [0, 0.05) is 42.2 Å². The number of aliphatic hydroxyl groups is 1. The van der Waals surface area contributed by atoms with Crippen LogP contribution in [0.15, 0.2) is 36.5 Å². The van der Waals surface area contributed by atoms with E-state index < -0.39 is 12.5 Å². The minimum absolute atomic E-state index is 0.219. The average Bonchev–Trinajstić information content (AvgIpc) is 2.79. The van der Waals surface area contributed by atoms with Gasteiger partial charge in [0.2, 0.25) is 0 Å². The van der Waals surface area contributed by atoms with Crippen molar-refractivity contribution in [1.29, 1.82) is 0 Å². The first-order valence-corrected chi connectivity index (χ1v) is 9.75. The smallest absolute Gasteiger partial charge is 0.295 e. The highest BCUT2D eigenvalue weighted by Gasteiger charge is 2.30. The molecule has 9 heteroatoms. The van der Waals surface area contributed by atoms with Crippen LogP contribution in [0.1, 0.15) is 16.8 Å². The van der Waals surface area contributed by atoms with Crippen LogP contribution in [0.25, 0.3) is 10.8 Å². The summed E-state index contributed by atoms with van der Waals surface area (Å²) in [5.74, 6) is -1.87. The lowest BCUT2D eigenvalue weighted by atomic mass is 10.1. The first-order chi connectivity index (χ1) is 14.5. The van der Waals surface area contributed by atoms with Gasteiger partial charge in [-0.1, -0.05) is 18.2 Å². The Morgan fingerprint density at radius 3 is 2.73 bits per heavy atom. The van der Waals surface area contributed by atoms with Gasteiger partial charge in [-0.15, -0.1) is 5.10 Å². The summed E-state index contributed by atoms with van der Waals surface area (Å²) in [5, 5.41) is 22.3. The first-order valence-electron chi connectivity index (χ1n) is 9.75. The molecule has 30 heavy (non-hydrogen) atoms. The molecule has 7 nitrogen and oxygen atoms in total. The number of nitrogens with one attached hydrogen (secondary N) is 1. The van der Waals surface area contributed by atoms with Crippen molar-refractivity contribution in [2.75, 3.05) is 43.1 Å². The van der Waals surface area contributed by atoms with Crippen molar-refractivity contribution in [3.8, 4) is 0 Å². The molecule has 4 rings (SSSR count). The summed E-state index contributed by atoms with van der Waals surface area (Å²) in [6.45, 7) is 3.79. The van der Waals surface area contributed by atoms with Gasteiger partial charge in [-0.2, -0.15) is 13.9 Å². The molecule has 3 aromatic rings. The van der Waals surface area contributed by atoms with Gasteiger partial charge in [-0.05, 0) is 24.6 Å². The van der Waals surface area contributed by atoms with Crippen molar-refractivity contribution in [2.24, 2.45) is 0 Å². The Kier molecular flexibility index (Phi) is 5.74. The number of anilines is 2. The quantitative estimate of drug-likeness (QED) is 0.641. The van der Waals surface area contributed by atoms with E-state index in [-0.39, 0.29) is 12.1 Å². The molecule has 0 saturated carbocycles. The topological polar surface area (TPSA) is 83.4 Å². The fourth-order valence-electron chi connectivity index (χ4n) is 3.44. The maximum atomic E-state index is 13.8. The molecule has 158 valence electrons. The fourth-order valence-corrected chi connectivity index (χ4v) is 3.44. The second-order valence-electron chi connectivity index (χ2n) is 7.24. The van der Waals surface area contributed by atoms with Crippen molar-refractivity contribution in [2.45, 2.75) is 19.4 Å². The lowest BCUT2D eigenvalue weighted by Gasteiger charge is -2.28. The molecular weight excluding hydrogens is 392 g/mol. The monoisotopic (exact) mass is 415 g/mol. The summed E-state index contributed by atoms with van der Waals surface area (Å²) in [4.78, 5) is 6.72. The molecule has 1 aliphatic rings. The highest BCUT2D eigenvalue weighted by molar-refractivity contribution is 5.94. The van der Waals surface area contributed by atoms with Crippen LogP contribution in [0.4, 0.5) is 20.4 Å². The van der Waals surface area contributed by atoms with Gasteiger partial charge in [0.1, 0.15) is 12.4 Å². The van der Waals surface area contributed by atoms with Crippen LogP contribution in [-0.4, -0.2) is 53.2 Å². The Morgan fingerprint density at radius 1 is 1.17 bits per heavy atom. The van der Waals surface area contributed by atoms with Gasteiger partial charge < -0.3 is 20.1 Å². The largest absolute Gasteiger partial charge is 0.390 e. The molecule has 1 aromatic carbocycles. The number of aromatic nitrogens is 3. The number of aryl methyl sites for hydroxylation is 1. The van der Waals surface area contributed by atoms with E-state index >= 15 is 0 Å². The highest BCUT2D eigenvalue weighted by Crippen LogP contribution is 2.29. The number of morpholine rings is 1. The molecule has 3 heterocycles. The van der Waals surface area contributed by atoms with Gasteiger partial charge in [-0.3, -0.25) is 0 Å². The third-order valence-electron chi connectivity index (χ3n) is 5.18. The van der Waals surface area contributed by atoms with E-state index in [9.17, 15) is 8.78 Å². The molecule has 0 bridgehead atoms. The van der Waals surface area contributed by atoms with Crippen LogP contribution in [0.5, 0.6) is 0 Å². The van der Waals surface area contributed by atoms with Crippen molar-refractivity contribution < 1.29 is 18.6 Å². The number of rotatable bonds is 6. The summed E-state index contributed by atoms with van der Waals surface area (Å²) in [5.41, 5.74) is 1.20. The van der Waals surface area contributed by atoms with E-state index in [0.717, 1.165) is 35.4 Å². The van der Waals surface area contributed by atoms with Crippen LogP contribution < -0.4 is 10.2 Å². The number of hydrogen-bond acceptors (Lipinski definition) is 7. The molecule has 2 aromatic heterocycles. The Morgan fingerprint density at radius 2 is 1.97 bits per heavy atom. The molecule has 0 amide bonds. The summed E-state index contributed by atoms with van der Waals surface area (Å²) < 4.78 is 33.0. The number of hydrogen-bond donors (Lipinski definition) is 2. The lowest BCUT2D eigenvalue weighted by molar-refractivity contribution is -0.0556. The standard InChI is InChI=1S/C21H23F2N5O2/c1-14-18-12-24-19(28-5-7-30-8-6-28)10-17(18)20(27-26-14)25-11-15-3-2-4-16(9-15)21(22,23)13-29/h2-4,9-10,12,29H,5-8,11,13H2,1H3,(H,25,27). The molecule has 0 atom stereocenters. The summed E-state index contributed by atoms with van der Waals surface area (Å²) in [6.07, 6.45) is 1.79. The Hall–Kier alpha value is -2.91. The van der Waals surface area contributed by atoms with E-state index in [0.29, 0.717) is 24.6 Å². The normalized spacial score (nSPS) is 14.9. The predicted molar refractivity (Wildman–Crippen MR) is 110 cm³/mol. The fraction of sp³-hybridized carbons (Fsp3) is 0.381. The molecule has 0 aliphatic carbocycles. The summed E-state index contributed by atoms with van der Waals surface area (Å²) in [6, 6.07) is 7.96. The Bertz CT molecular complexity index is 1040. The first kappa shape index (κ1) is 20.4. The van der Waals surface area contributed by atoms with Crippen molar-refractivity contribution >= 4 is 22.4 Å². The zero-order chi connectivity index (χ0) is 21.1. The zero-order valence-corrected chi connectivity index (χ0v) is 16.6. The van der Waals surface area contributed by atoms with Gasteiger partial charge in [-0.25, -0.2) is 4.98 Å². The van der Waals surface area contributed by atoms with Gasteiger partial charge in [0.25, 0.3) is 5.92 Å². The van der Waals surface area contributed by atoms with Crippen LogP contribution in [0.2, 0.25) is 0 Å². The number of benzene rings is 1. The number of nitrogens with zero attached hydrogens (tertiary/aromatic N) is 4. The number of pyridine rings is 1. The maximum Gasteiger partial charge on any atom is 0.295 e. The highest BCUT2D eigenvalue weighted by atomic mass is 19.3. The van der Waals surface area contributed by atoms with E-state index in [1.54, 1.807) is 18.3 Å². The lowest BCUT2D eigenvalue weighted by Crippen LogP contribution is -2.36. The van der Waals surface area contributed by atoms with E-state index in [1.165, 1.54) is 12.1 Å². The minimum atomic E-state index is -3.27. The number of fused-ring (bicyclic) bond motifs is 1. The predicted octanol–water partition coefficient (Wildman–Crippen LogP) is 2.87. The van der Waals surface area contributed by atoms with Crippen molar-refractivity contribution in [3.05, 3.63) is 53.3 Å². The Balaban J connectivity index is 1.61. The molecule has 2 N–H and O–H groups in total. The molecule has 1 saturated heterocycles. The van der Waals surface area contributed by atoms with Gasteiger partial charge in [0.15, 0.2) is 5.82 Å². The second-order valence-corrected chi connectivity index (χ2v) is 7.24. The zero-order valence-electron chi connectivity index (χ0n) is 16.6. The van der Waals surface area contributed by atoms with Gasteiger partial charge in [0.05, 0.1) is 18.9 Å². The summed E-state index contributed by atoms with van der Waals surface area (Å²) >= 11 is 0. The number of ether oxygens (including phenoxy) is 1. The number of alkyl halides is 2. The third kappa shape index (κ3) is 4.17. The molecular formula is C21H23F2N5O2. The van der Waals surface area contributed by atoms with Crippen molar-refractivity contribution in [1.82, 2.24) is 15.2 Å². The van der Waals surface area contributed by atoms with Crippen LogP contribution in [0.3, 0.4) is 0 Å².